The van der Waals surface area contributed by atoms with Gasteiger partial charge in [0.2, 0.25) is 0 Å². The van der Waals surface area contributed by atoms with Gasteiger partial charge in [-0.1, -0.05) is 17.7 Å². The van der Waals surface area contributed by atoms with E-state index in [4.69, 9.17) is 21.1 Å². The van der Waals surface area contributed by atoms with Crippen molar-refractivity contribution in [3.8, 4) is 5.75 Å². The second-order valence-corrected chi connectivity index (χ2v) is 6.01. The van der Waals surface area contributed by atoms with Crippen molar-refractivity contribution in [3.63, 3.8) is 0 Å². The average Bonchev–Trinajstić information content (AvgIpc) is 2.54. The van der Waals surface area contributed by atoms with Crippen LogP contribution in [0.2, 0.25) is 5.02 Å². The molecule has 126 valence electrons. The van der Waals surface area contributed by atoms with E-state index in [1.54, 1.807) is 43.0 Å². The van der Waals surface area contributed by atoms with Crippen LogP contribution in [0.1, 0.15) is 26.7 Å². The van der Waals surface area contributed by atoms with Gasteiger partial charge < -0.3 is 14.4 Å². The summed E-state index contributed by atoms with van der Waals surface area (Å²) >= 11 is 5.91. The third-order valence-electron chi connectivity index (χ3n) is 3.88. The van der Waals surface area contributed by atoms with Crippen LogP contribution in [-0.2, 0) is 14.3 Å². The molecular formula is C17H22ClNO4. The zero-order valence-electron chi connectivity index (χ0n) is 13.5. The number of piperidine rings is 1. The highest BCUT2D eigenvalue weighted by Crippen LogP contribution is 2.22. The van der Waals surface area contributed by atoms with E-state index in [1.807, 2.05) is 0 Å². The number of ether oxygens (including phenoxy) is 2. The van der Waals surface area contributed by atoms with Gasteiger partial charge in [0.05, 0.1) is 12.5 Å². The first-order valence-corrected chi connectivity index (χ1v) is 8.26. The maximum atomic E-state index is 12.4. The van der Waals surface area contributed by atoms with Crippen LogP contribution in [-0.4, -0.2) is 42.6 Å². The van der Waals surface area contributed by atoms with Gasteiger partial charge in [-0.05, 0) is 44.9 Å². The molecule has 0 aliphatic carbocycles. The zero-order chi connectivity index (χ0) is 16.8. The quantitative estimate of drug-likeness (QED) is 0.774. The summed E-state index contributed by atoms with van der Waals surface area (Å²) in [6, 6.07) is 6.97. The maximum Gasteiger partial charge on any atom is 0.309 e. The standard InChI is InChI=1S/C17H22ClNO4/c1-3-22-17(21)13-7-9-19(10-8-13)16(20)12(2)23-15-6-4-5-14(18)11-15/h4-6,11-13H,3,7-10H2,1-2H3/t12-/m0/s1. The fraction of sp³-hybridized carbons (Fsp3) is 0.529. The van der Waals surface area contributed by atoms with E-state index < -0.39 is 6.10 Å². The number of carbonyl (C=O) groups excluding carboxylic acids is 2. The van der Waals surface area contributed by atoms with Gasteiger partial charge in [-0.2, -0.15) is 0 Å². The van der Waals surface area contributed by atoms with E-state index in [9.17, 15) is 9.59 Å². The van der Waals surface area contributed by atoms with Crippen LogP contribution in [0, 0.1) is 5.92 Å². The molecule has 0 spiro atoms. The molecule has 1 aliphatic heterocycles. The second-order valence-electron chi connectivity index (χ2n) is 5.57. The summed E-state index contributed by atoms with van der Waals surface area (Å²) < 4.78 is 10.7. The molecule has 1 amide bonds. The average molecular weight is 340 g/mol. The van der Waals surface area contributed by atoms with Crippen LogP contribution >= 0.6 is 11.6 Å². The van der Waals surface area contributed by atoms with Crippen LogP contribution in [0.15, 0.2) is 24.3 Å². The van der Waals surface area contributed by atoms with Gasteiger partial charge in [-0.25, -0.2) is 0 Å². The van der Waals surface area contributed by atoms with Crippen molar-refractivity contribution in [1.82, 2.24) is 4.90 Å². The first-order valence-electron chi connectivity index (χ1n) is 7.89. The van der Waals surface area contributed by atoms with Crippen molar-refractivity contribution in [2.24, 2.45) is 5.92 Å². The van der Waals surface area contributed by atoms with Crippen molar-refractivity contribution in [3.05, 3.63) is 29.3 Å². The maximum absolute atomic E-state index is 12.4. The molecule has 0 unspecified atom stereocenters. The Morgan fingerprint density at radius 1 is 1.35 bits per heavy atom. The molecule has 6 heteroatoms. The molecule has 0 aromatic heterocycles. The van der Waals surface area contributed by atoms with Crippen LogP contribution in [0.5, 0.6) is 5.75 Å². The number of rotatable bonds is 5. The highest BCUT2D eigenvalue weighted by molar-refractivity contribution is 6.30. The summed E-state index contributed by atoms with van der Waals surface area (Å²) in [7, 11) is 0. The topological polar surface area (TPSA) is 55.8 Å². The molecular weight excluding hydrogens is 318 g/mol. The predicted molar refractivity (Wildman–Crippen MR) is 87.5 cm³/mol. The van der Waals surface area contributed by atoms with Crippen LogP contribution in [0.3, 0.4) is 0 Å². The summed E-state index contributed by atoms with van der Waals surface area (Å²) in [5.74, 6) is 0.220. The number of likely N-dealkylation sites (tertiary alicyclic amines) is 1. The fourth-order valence-electron chi connectivity index (χ4n) is 2.65. The van der Waals surface area contributed by atoms with E-state index >= 15 is 0 Å². The lowest BCUT2D eigenvalue weighted by atomic mass is 9.97. The molecule has 0 N–H and O–H groups in total. The largest absolute Gasteiger partial charge is 0.481 e. The van der Waals surface area contributed by atoms with Crippen molar-refractivity contribution in [2.75, 3.05) is 19.7 Å². The Hall–Kier alpha value is -1.75. The molecule has 1 atom stereocenters. The molecule has 0 bridgehead atoms. The fourth-order valence-corrected chi connectivity index (χ4v) is 2.83. The third-order valence-corrected chi connectivity index (χ3v) is 4.12. The predicted octanol–water partition coefficient (Wildman–Crippen LogP) is 2.91. The van der Waals surface area contributed by atoms with Gasteiger partial charge in [0.1, 0.15) is 5.75 Å². The SMILES string of the molecule is CCOC(=O)C1CCN(C(=O)[C@H](C)Oc2cccc(Cl)c2)CC1. The minimum atomic E-state index is -0.590. The summed E-state index contributed by atoms with van der Waals surface area (Å²) in [4.78, 5) is 25.9. The van der Waals surface area contributed by atoms with E-state index in [2.05, 4.69) is 0 Å². The monoisotopic (exact) mass is 339 g/mol. The molecule has 0 radical (unpaired) electrons. The zero-order valence-corrected chi connectivity index (χ0v) is 14.2. The molecule has 23 heavy (non-hydrogen) atoms. The normalized spacial score (nSPS) is 16.7. The van der Waals surface area contributed by atoms with Crippen LogP contribution < -0.4 is 4.74 Å². The smallest absolute Gasteiger partial charge is 0.309 e. The highest BCUT2D eigenvalue weighted by atomic mass is 35.5. The Balaban J connectivity index is 1.85. The van der Waals surface area contributed by atoms with Crippen LogP contribution in [0.4, 0.5) is 0 Å². The van der Waals surface area contributed by atoms with E-state index in [0.29, 0.717) is 43.3 Å². The Morgan fingerprint density at radius 2 is 2.04 bits per heavy atom. The molecule has 1 aromatic carbocycles. The minimum absolute atomic E-state index is 0.0766. The number of halogens is 1. The van der Waals surface area contributed by atoms with Gasteiger partial charge in [0.15, 0.2) is 6.10 Å². The lowest BCUT2D eigenvalue weighted by Gasteiger charge is -2.32. The number of carbonyl (C=O) groups is 2. The third kappa shape index (κ3) is 4.86. The molecule has 1 aromatic rings. The highest BCUT2D eigenvalue weighted by Gasteiger charge is 2.30. The van der Waals surface area contributed by atoms with Gasteiger partial charge >= 0.3 is 5.97 Å². The summed E-state index contributed by atoms with van der Waals surface area (Å²) in [6.45, 7) is 5.01. The Kier molecular flexibility index (Phi) is 6.28. The van der Waals surface area contributed by atoms with E-state index in [-0.39, 0.29) is 17.8 Å². The first-order chi connectivity index (χ1) is 11.0. The molecule has 5 nitrogen and oxygen atoms in total. The summed E-state index contributed by atoms with van der Waals surface area (Å²) in [6.07, 6.45) is 0.677. The molecule has 0 saturated carbocycles. The number of amides is 1. The van der Waals surface area contributed by atoms with Gasteiger partial charge in [0.25, 0.3) is 5.91 Å². The lowest BCUT2D eigenvalue weighted by Crippen LogP contribution is -2.45. The van der Waals surface area contributed by atoms with Crippen molar-refractivity contribution < 1.29 is 19.1 Å². The van der Waals surface area contributed by atoms with Gasteiger partial charge in [-0.15, -0.1) is 0 Å². The van der Waals surface area contributed by atoms with Crippen molar-refractivity contribution in [2.45, 2.75) is 32.8 Å². The van der Waals surface area contributed by atoms with Gasteiger partial charge in [0, 0.05) is 18.1 Å². The number of esters is 1. The molecule has 1 heterocycles. The Bertz CT molecular complexity index is 555. The lowest BCUT2D eigenvalue weighted by molar-refractivity contribution is -0.152. The number of hydrogen-bond donors (Lipinski definition) is 0. The Labute approximate surface area is 141 Å². The van der Waals surface area contributed by atoms with Crippen molar-refractivity contribution in [1.29, 1.82) is 0 Å². The molecule has 1 aliphatic rings. The molecule has 2 rings (SSSR count). The molecule has 1 fully saturated rings. The van der Waals surface area contributed by atoms with E-state index in [1.165, 1.54) is 0 Å². The summed E-state index contributed by atoms with van der Waals surface area (Å²) in [5.41, 5.74) is 0. The number of hydrogen-bond acceptors (Lipinski definition) is 4. The number of benzene rings is 1. The second kappa shape index (κ2) is 8.20. The molecule has 1 saturated heterocycles. The first kappa shape index (κ1) is 17.6. The van der Waals surface area contributed by atoms with E-state index in [0.717, 1.165) is 0 Å². The summed E-state index contributed by atoms with van der Waals surface area (Å²) in [5, 5.41) is 0.567. The van der Waals surface area contributed by atoms with Crippen LogP contribution in [0.25, 0.3) is 0 Å². The Morgan fingerprint density at radius 3 is 2.65 bits per heavy atom. The number of nitrogens with zero attached hydrogens (tertiary/aromatic N) is 1. The minimum Gasteiger partial charge on any atom is -0.481 e. The van der Waals surface area contributed by atoms with Gasteiger partial charge in [-0.3, -0.25) is 9.59 Å². The van der Waals surface area contributed by atoms with Crippen molar-refractivity contribution >= 4 is 23.5 Å².